The van der Waals surface area contributed by atoms with Crippen LogP contribution >= 0.6 is 0 Å². The molecular formula is C15H21N5. The minimum atomic E-state index is 0.417. The van der Waals surface area contributed by atoms with Crippen molar-refractivity contribution in [1.82, 2.24) is 20.2 Å². The molecule has 1 heterocycles. The smallest absolute Gasteiger partial charge is 0.182 e. The predicted octanol–water partition coefficient (Wildman–Crippen LogP) is 3.06. The Labute approximate surface area is 119 Å². The molecule has 5 heteroatoms. The maximum absolute atomic E-state index is 5.86. The Morgan fingerprint density at radius 2 is 2.25 bits per heavy atom. The number of nitrogens with zero attached hydrogens (tertiary/aromatic N) is 4. The average Bonchev–Trinajstić information content (AvgIpc) is 2.97. The predicted molar refractivity (Wildman–Crippen MR) is 79.0 cm³/mol. The van der Waals surface area contributed by atoms with Gasteiger partial charge in [-0.2, -0.15) is 0 Å². The molecule has 3 rings (SSSR count). The highest BCUT2D eigenvalue weighted by Gasteiger charge is 2.25. The van der Waals surface area contributed by atoms with Crippen LogP contribution in [0.4, 0.5) is 5.69 Å². The average molecular weight is 271 g/mol. The molecule has 5 nitrogen and oxygen atoms in total. The number of tetrazole rings is 1. The number of nitrogens with two attached hydrogens (primary N) is 1. The molecule has 20 heavy (non-hydrogen) atoms. The molecule has 1 aromatic carbocycles. The van der Waals surface area contributed by atoms with Gasteiger partial charge in [0.15, 0.2) is 5.82 Å². The number of rotatable bonds is 3. The van der Waals surface area contributed by atoms with Crippen LogP contribution in [0.25, 0.3) is 11.4 Å². The fourth-order valence-electron chi connectivity index (χ4n) is 3.16. The molecule has 0 aliphatic heterocycles. The van der Waals surface area contributed by atoms with Crippen molar-refractivity contribution in [1.29, 1.82) is 0 Å². The lowest BCUT2D eigenvalue weighted by Crippen LogP contribution is -2.20. The third-order valence-corrected chi connectivity index (χ3v) is 4.32. The second-order valence-corrected chi connectivity index (χ2v) is 5.67. The van der Waals surface area contributed by atoms with Gasteiger partial charge >= 0.3 is 0 Å². The summed E-state index contributed by atoms with van der Waals surface area (Å²) in [6.07, 6.45) is 6.18. The van der Waals surface area contributed by atoms with Crippen LogP contribution in [0.3, 0.4) is 0 Å². The highest BCUT2D eigenvalue weighted by Crippen LogP contribution is 2.35. The van der Waals surface area contributed by atoms with Gasteiger partial charge < -0.3 is 5.73 Å². The highest BCUT2D eigenvalue weighted by atomic mass is 15.5. The fourth-order valence-corrected chi connectivity index (χ4v) is 3.16. The molecule has 2 unspecified atom stereocenters. The maximum atomic E-state index is 5.86. The number of hydrogen-bond acceptors (Lipinski definition) is 4. The van der Waals surface area contributed by atoms with Crippen molar-refractivity contribution in [3.8, 4) is 11.4 Å². The number of hydrogen-bond donors (Lipinski definition) is 1. The van der Waals surface area contributed by atoms with Gasteiger partial charge in [-0.25, -0.2) is 4.68 Å². The maximum Gasteiger partial charge on any atom is 0.182 e. The first-order valence-corrected chi connectivity index (χ1v) is 7.41. The van der Waals surface area contributed by atoms with Crippen molar-refractivity contribution in [2.45, 2.75) is 45.1 Å². The molecule has 2 aromatic rings. The first kappa shape index (κ1) is 13.1. The van der Waals surface area contributed by atoms with E-state index in [9.17, 15) is 0 Å². The lowest BCUT2D eigenvalue weighted by atomic mass is 9.84. The molecule has 2 atom stereocenters. The van der Waals surface area contributed by atoms with Gasteiger partial charge in [-0.05, 0) is 41.3 Å². The summed E-state index contributed by atoms with van der Waals surface area (Å²) in [6, 6.07) is 8.19. The summed E-state index contributed by atoms with van der Waals surface area (Å²) in [5, 5.41) is 12.3. The summed E-state index contributed by atoms with van der Waals surface area (Å²) in [4.78, 5) is 0. The fraction of sp³-hybridized carbons (Fsp3) is 0.533. The van der Waals surface area contributed by atoms with E-state index in [1.165, 1.54) is 25.7 Å². The summed E-state index contributed by atoms with van der Waals surface area (Å²) in [5.41, 5.74) is 7.60. The van der Waals surface area contributed by atoms with Gasteiger partial charge in [0.1, 0.15) is 0 Å². The van der Waals surface area contributed by atoms with Crippen LogP contribution in [-0.4, -0.2) is 20.2 Å². The number of nitrogen functional groups attached to an aromatic ring is 1. The van der Waals surface area contributed by atoms with Crippen molar-refractivity contribution in [3.63, 3.8) is 0 Å². The number of aromatic nitrogens is 4. The summed E-state index contributed by atoms with van der Waals surface area (Å²) >= 11 is 0. The van der Waals surface area contributed by atoms with Gasteiger partial charge in [0.2, 0.25) is 0 Å². The van der Waals surface area contributed by atoms with E-state index in [1.54, 1.807) is 0 Å². The summed E-state index contributed by atoms with van der Waals surface area (Å²) < 4.78 is 2.00. The Morgan fingerprint density at radius 1 is 1.35 bits per heavy atom. The van der Waals surface area contributed by atoms with E-state index < -0.39 is 0 Å². The Kier molecular flexibility index (Phi) is 3.67. The van der Waals surface area contributed by atoms with E-state index >= 15 is 0 Å². The minimum absolute atomic E-state index is 0.417. The zero-order valence-electron chi connectivity index (χ0n) is 11.9. The van der Waals surface area contributed by atoms with E-state index in [0.717, 1.165) is 29.4 Å². The van der Waals surface area contributed by atoms with Crippen LogP contribution in [0.1, 0.15) is 45.1 Å². The van der Waals surface area contributed by atoms with E-state index in [-0.39, 0.29) is 0 Å². The summed E-state index contributed by atoms with van der Waals surface area (Å²) in [6.45, 7) is 2.27. The molecule has 1 aliphatic carbocycles. The van der Waals surface area contributed by atoms with Crippen LogP contribution in [0.5, 0.6) is 0 Å². The second kappa shape index (κ2) is 5.61. The van der Waals surface area contributed by atoms with E-state index in [0.29, 0.717) is 6.04 Å². The number of anilines is 1. The highest BCUT2D eigenvalue weighted by molar-refractivity contribution is 5.60. The molecular weight excluding hydrogens is 250 g/mol. The number of benzene rings is 1. The summed E-state index contributed by atoms with van der Waals surface area (Å²) in [7, 11) is 0. The molecule has 0 spiro atoms. The second-order valence-electron chi connectivity index (χ2n) is 5.67. The Balaban J connectivity index is 1.90. The first-order valence-electron chi connectivity index (χ1n) is 7.41. The van der Waals surface area contributed by atoms with E-state index in [4.69, 9.17) is 5.73 Å². The zero-order valence-corrected chi connectivity index (χ0v) is 11.9. The largest absolute Gasteiger partial charge is 0.399 e. The molecule has 0 radical (unpaired) electrons. The van der Waals surface area contributed by atoms with Crippen molar-refractivity contribution >= 4 is 5.69 Å². The van der Waals surface area contributed by atoms with Crippen molar-refractivity contribution in [3.05, 3.63) is 24.3 Å². The van der Waals surface area contributed by atoms with Crippen molar-refractivity contribution in [2.75, 3.05) is 5.73 Å². The third-order valence-electron chi connectivity index (χ3n) is 4.32. The van der Waals surface area contributed by atoms with Gasteiger partial charge in [-0.1, -0.05) is 38.3 Å². The molecule has 0 saturated heterocycles. The molecule has 1 saturated carbocycles. The van der Waals surface area contributed by atoms with Crippen LogP contribution in [0.2, 0.25) is 0 Å². The van der Waals surface area contributed by atoms with Gasteiger partial charge in [0.25, 0.3) is 0 Å². The topological polar surface area (TPSA) is 69.6 Å². The zero-order chi connectivity index (χ0) is 13.9. The molecule has 1 aromatic heterocycles. The molecule has 1 aliphatic rings. The molecule has 106 valence electrons. The minimum Gasteiger partial charge on any atom is -0.399 e. The lowest BCUT2D eigenvalue weighted by Gasteiger charge is -2.28. The van der Waals surface area contributed by atoms with Crippen LogP contribution < -0.4 is 5.73 Å². The molecule has 1 fully saturated rings. The Bertz CT molecular complexity index is 577. The third kappa shape index (κ3) is 2.53. The van der Waals surface area contributed by atoms with Gasteiger partial charge in [0, 0.05) is 11.3 Å². The Hall–Kier alpha value is -1.91. The van der Waals surface area contributed by atoms with Crippen LogP contribution in [-0.2, 0) is 0 Å². The standard InChI is InChI=1S/C15H21N5/c1-2-11-5-3-8-14(9-11)20-15(17-18-19-20)12-6-4-7-13(16)10-12/h4,6-7,10-11,14H,2-3,5,8-9,16H2,1H3. The van der Waals surface area contributed by atoms with E-state index in [2.05, 4.69) is 22.4 Å². The normalized spacial score (nSPS) is 22.9. The molecule has 2 N–H and O–H groups in total. The van der Waals surface area contributed by atoms with Gasteiger partial charge in [-0.3, -0.25) is 0 Å². The molecule has 0 amide bonds. The first-order chi connectivity index (χ1) is 9.78. The lowest BCUT2D eigenvalue weighted by molar-refractivity contribution is 0.246. The van der Waals surface area contributed by atoms with Crippen LogP contribution in [0.15, 0.2) is 24.3 Å². The van der Waals surface area contributed by atoms with E-state index in [1.807, 2.05) is 28.9 Å². The van der Waals surface area contributed by atoms with Crippen molar-refractivity contribution in [2.24, 2.45) is 5.92 Å². The van der Waals surface area contributed by atoms with Gasteiger partial charge in [-0.15, -0.1) is 5.10 Å². The molecule has 0 bridgehead atoms. The quantitative estimate of drug-likeness (QED) is 0.871. The van der Waals surface area contributed by atoms with Gasteiger partial charge in [0.05, 0.1) is 6.04 Å². The Morgan fingerprint density at radius 3 is 3.05 bits per heavy atom. The SMILES string of the molecule is CCC1CCCC(n2nnnc2-c2cccc(N)c2)C1. The van der Waals surface area contributed by atoms with Crippen LogP contribution in [0, 0.1) is 5.92 Å². The van der Waals surface area contributed by atoms with Crippen molar-refractivity contribution < 1.29 is 0 Å². The summed E-state index contributed by atoms with van der Waals surface area (Å²) in [5.74, 6) is 1.63. The monoisotopic (exact) mass is 271 g/mol.